The summed E-state index contributed by atoms with van der Waals surface area (Å²) in [4.78, 5) is 26.3. The van der Waals surface area contributed by atoms with Crippen LogP contribution in [0.4, 0.5) is 0 Å². The number of amides is 1. The number of ether oxygens (including phenoxy) is 2. The van der Waals surface area contributed by atoms with Gasteiger partial charge in [0.25, 0.3) is 5.91 Å². The van der Waals surface area contributed by atoms with Gasteiger partial charge in [-0.05, 0) is 18.2 Å². The minimum absolute atomic E-state index is 0.0120. The Labute approximate surface area is 124 Å². The molecule has 2 N–H and O–H groups in total. The molecule has 2 aromatic rings. The van der Waals surface area contributed by atoms with Crippen LogP contribution in [0.1, 0.15) is 10.5 Å². The minimum atomic E-state index is -1.14. The van der Waals surface area contributed by atoms with Gasteiger partial charge in [0.1, 0.15) is 19.8 Å². The van der Waals surface area contributed by atoms with Crippen LogP contribution < -0.4 is 14.8 Å². The first kappa shape index (κ1) is 13.9. The minimum Gasteiger partial charge on any atom is -0.486 e. The van der Waals surface area contributed by atoms with E-state index < -0.39 is 18.4 Å². The number of carbonyl (C=O) groups is 2. The standard InChI is InChI=1S/C14H12N2O6/c17-11(18)6-15-14(19)12-13(22-7-16-12)8-1-2-9-10(5-8)21-4-3-20-9/h1-2,5,7H,3-4,6H2,(H,15,19)(H,17,18). The molecule has 0 bridgehead atoms. The molecular weight excluding hydrogens is 292 g/mol. The largest absolute Gasteiger partial charge is 0.486 e. The van der Waals surface area contributed by atoms with Crippen LogP contribution in [-0.2, 0) is 4.79 Å². The average molecular weight is 304 g/mol. The van der Waals surface area contributed by atoms with Gasteiger partial charge in [-0.1, -0.05) is 0 Å². The lowest BCUT2D eigenvalue weighted by Crippen LogP contribution is -2.29. The normalized spacial score (nSPS) is 12.7. The van der Waals surface area contributed by atoms with Crippen molar-refractivity contribution in [1.82, 2.24) is 10.3 Å². The monoisotopic (exact) mass is 304 g/mol. The predicted octanol–water partition coefficient (Wildman–Crippen LogP) is 0.927. The number of rotatable bonds is 4. The van der Waals surface area contributed by atoms with Crippen molar-refractivity contribution >= 4 is 11.9 Å². The molecule has 2 heterocycles. The summed E-state index contributed by atoms with van der Waals surface area (Å²) in [5, 5.41) is 10.8. The number of nitrogens with one attached hydrogen (secondary N) is 1. The highest BCUT2D eigenvalue weighted by atomic mass is 16.6. The molecule has 1 aromatic heterocycles. The number of aromatic nitrogens is 1. The van der Waals surface area contributed by atoms with Crippen molar-refractivity contribution in [3.8, 4) is 22.8 Å². The Hall–Kier alpha value is -3.03. The van der Waals surface area contributed by atoms with E-state index >= 15 is 0 Å². The Morgan fingerprint density at radius 3 is 2.77 bits per heavy atom. The molecule has 0 saturated carbocycles. The summed E-state index contributed by atoms with van der Waals surface area (Å²) in [6, 6.07) is 5.11. The van der Waals surface area contributed by atoms with E-state index in [1.807, 2.05) is 0 Å². The summed E-state index contributed by atoms with van der Waals surface area (Å²) in [7, 11) is 0. The Morgan fingerprint density at radius 2 is 2.00 bits per heavy atom. The van der Waals surface area contributed by atoms with Gasteiger partial charge in [-0.15, -0.1) is 0 Å². The van der Waals surface area contributed by atoms with Crippen molar-refractivity contribution in [2.45, 2.75) is 0 Å². The summed E-state index contributed by atoms with van der Waals surface area (Å²) in [5.74, 6) is -0.359. The average Bonchev–Trinajstić information content (AvgIpc) is 3.01. The molecule has 1 amide bonds. The van der Waals surface area contributed by atoms with Gasteiger partial charge < -0.3 is 24.3 Å². The number of nitrogens with zero attached hydrogens (tertiary/aromatic N) is 1. The van der Waals surface area contributed by atoms with Gasteiger partial charge >= 0.3 is 5.97 Å². The maximum absolute atomic E-state index is 11.9. The van der Waals surface area contributed by atoms with Gasteiger partial charge in [0.15, 0.2) is 29.3 Å². The first-order chi connectivity index (χ1) is 10.6. The van der Waals surface area contributed by atoms with Crippen LogP contribution >= 0.6 is 0 Å². The highest BCUT2D eigenvalue weighted by molar-refractivity contribution is 5.98. The second kappa shape index (κ2) is 5.76. The molecule has 8 heteroatoms. The number of carboxylic acid groups (broad SMARTS) is 1. The second-order valence-electron chi connectivity index (χ2n) is 4.46. The third-order valence-corrected chi connectivity index (χ3v) is 2.99. The van der Waals surface area contributed by atoms with E-state index in [1.165, 1.54) is 0 Å². The predicted molar refractivity (Wildman–Crippen MR) is 72.9 cm³/mol. The molecule has 3 rings (SSSR count). The Morgan fingerprint density at radius 1 is 1.23 bits per heavy atom. The van der Waals surface area contributed by atoms with Gasteiger partial charge in [0.2, 0.25) is 0 Å². The van der Waals surface area contributed by atoms with E-state index in [9.17, 15) is 9.59 Å². The maximum atomic E-state index is 11.9. The van der Waals surface area contributed by atoms with Crippen molar-refractivity contribution in [3.63, 3.8) is 0 Å². The summed E-state index contributed by atoms with van der Waals surface area (Å²) in [6.45, 7) is 0.433. The molecule has 0 atom stereocenters. The first-order valence-electron chi connectivity index (χ1n) is 6.48. The Bertz CT molecular complexity index is 724. The summed E-state index contributed by atoms with van der Waals surface area (Å²) >= 11 is 0. The van der Waals surface area contributed by atoms with Crippen LogP contribution in [0.25, 0.3) is 11.3 Å². The molecule has 114 valence electrons. The second-order valence-corrected chi connectivity index (χ2v) is 4.46. The number of benzene rings is 1. The molecule has 0 saturated heterocycles. The van der Waals surface area contributed by atoms with Crippen LogP contribution in [0.3, 0.4) is 0 Å². The molecular formula is C14H12N2O6. The van der Waals surface area contributed by atoms with Crippen molar-refractivity contribution in [1.29, 1.82) is 0 Å². The van der Waals surface area contributed by atoms with Crippen molar-refractivity contribution < 1.29 is 28.6 Å². The molecule has 8 nitrogen and oxygen atoms in total. The Kier molecular flexibility index (Phi) is 3.65. The molecule has 0 spiro atoms. The quantitative estimate of drug-likeness (QED) is 0.864. The van der Waals surface area contributed by atoms with E-state index in [2.05, 4.69) is 10.3 Å². The highest BCUT2D eigenvalue weighted by Crippen LogP contribution is 2.35. The number of hydrogen-bond donors (Lipinski definition) is 2. The van der Waals surface area contributed by atoms with Gasteiger partial charge in [0.05, 0.1) is 0 Å². The van der Waals surface area contributed by atoms with Crippen LogP contribution in [-0.4, -0.2) is 41.7 Å². The van der Waals surface area contributed by atoms with E-state index in [0.717, 1.165) is 6.39 Å². The fourth-order valence-electron chi connectivity index (χ4n) is 2.04. The summed E-state index contributed by atoms with van der Waals surface area (Å²) in [5.41, 5.74) is 0.597. The lowest BCUT2D eigenvalue weighted by Gasteiger charge is -2.18. The van der Waals surface area contributed by atoms with Gasteiger partial charge in [-0.3, -0.25) is 9.59 Å². The van der Waals surface area contributed by atoms with Crippen molar-refractivity contribution in [3.05, 3.63) is 30.3 Å². The summed E-state index contributed by atoms with van der Waals surface area (Å²) in [6.07, 6.45) is 1.13. The third-order valence-electron chi connectivity index (χ3n) is 2.99. The zero-order chi connectivity index (χ0) is 15.5. The number of hydrogen-bond acceptors (Lipinski definition) is 6. The SMILES string of the molecule is O=C(O)CNC(=O)c1ncoc1-c1ccc2c(c1)OCCO2. The molecule has 0 unspecified atom stereocenters. The number of carboxylic acids is 1. The highest BCUT2D eigenvalue weighted by Gasteiger charge is 2.21. The molecule has 1 aliphatic rings. The van der Waals surface area contributed by atoms with E-state index in [-0.39, 0.29) is 11.5 Å². The van der Waals surface area contributed by atoms with Crippen LogP contribution in [0.15, 0.2) is 29.0 Å². The van der Waals surface area contributed by atoms with Crippen LogP contribution in [0, 0.1) is 0 Å². The van der Waals surface area contributed by atoms with Gasteiger partial charge in [0, 0.05) is 5.56 Å². The van der Waals surface area contributed by atoms with Gasteiger partial charge in [-0.2, -0.15) is 0 Å². The smallest absolute Gasteiger partial charge is 0.322 e. The third kappa shape index (κ3) is 2.71. The van der Waals surface area contributed by atoms with E-state index in [0.29, 0.717) is 30.3 Å². The molecule has 0 fully saturated rings. The van der Waals surface area contributed by atoms with Crippen LogP contribution in [0.5, 0.6) is 11.5 Å². The molecule has 0 radical (unpaired) electrons. The fraction of sp³-hybridized carbons (Fsp3) is 0.214. The first-order valence-corrected chi connectivity index (χ1v) is 6.48. The summed E-state index contributed by atoms with van der Waals surface area (Å²) < 4.78 is 16.2. The van der Waals surface area contributed by atoms with Crippen molar-refractivity contribution in [2.24, 2.45) is 0 Å². The number of aliphatic carboxylic acids is 1. The zero-order valence-corrected chi connectivity index (χ0v) is 11.4. The number of carbonyl (C=O) groups excluding carboxylic acids is 1. The molecule has 22 heavy (non-hydrogen) atoms. The van der Waals surface area contributed by atoms with E-state index in [4.69, 9.17) is 19.0 Å². The van der Waals surface area contributed by atoms with Crippen LogP contribution in [0.2, 0.25) is 0 Å². The topological polar surface area (TPSA) is 111 Å². The van der Waals surface area contributed by atoms with Gasteiger partial charge in [-0.25, -0.2) is 4.98 Å². The Balaban J connectivity index is 1.88. The number of oxazole rings is 1. The maximum Gasteiger partial charge on any atom is 0.322 e. The zero-order valence-electron chi connectivity index (χ0n) is 11.4. The van der Waals surface area contributed by atoms with E-state index in [1.54, 1.807) is 18.2 Å². The molecule has 1 aromatic carbocycles. The van der Waals surface area contributed by atoms with Crippen molar-refractivity contribution in [2.75, 3.05) is 19.8 Å². The molecule has 1 aliphatic heterocycles. The lowest BCUT2D eigenvalue weighted by atomic mass is 10.1. The molecule has 0 aliphatic carbocycles. The fourth-order valence-corrected chi connectivity index (χ4v) is 2.04. The lowest BCUT2D eigenvalue weighted by molar-refractivity contribution is -0.135. The number of fused-ring (bicyclic) bond motifs is 1.